The fourth-order valence-corrected chi connectivity index (χ4v) is 0.219. The van der Waals surface area contributed by atoms with Gasteiger partial charge in [-0.15, -0.1) is 0 Å². The summed E-state index contributed by atoms with van der Waals surface area (Å²) >= 11 is 0. The van der Waals surface area contributed by atoms with Crippen molar-refractivity contribution in [2.75, 3.05) is 13.2 Å². The van der Waals surface area contributed by atoms with Crippen molar-refractivity contribution in [2.45, 2.75) is 6.29 Å². The molecule has 1 atom stereocenters. The highest BCUT2D eigenvalue weighted by molar-refractivity contribution is 4.50. The third-order valence-electron chi connectivity index (χ3n) is 0.561. The largest absolute Gasteiger partial charge is 0.342 e. The minimum absolute atomic E-state index is 0.109. The molecule has 0 aliphatic carbocycles. The molecule has 3 heteroatoms. The molecule has 0 spiro atoms. The number of ether oxygens (including phenoxy) is 1. The predicted octanol–water partition coefficient (Wildman–Crippen LogP) is 0.125. The van der Waals surface area contributed by atoms with Gasteiger partial charge in [0.25, 0.3) is 0 Å². The topological polar surface area (TPSA) is 31.0 Å². The van der Waals surface area contributed by atoms with Gasteiger partial charge in [-0.2, -0.15) is 0 Å². The van der Waals surface area contributed by atoms with E-state index < -0.39 is 0 Å². The van der Waals surface area contributed by atoms with E-state index in [4.69, 9.17) is 0 Å². The molecule has 1 unspecified atom stereocenters. The first kappa shape index (κ1) is 5.03. The Hall–Kier alpha value is -0.120. The zero-order chi connectivity index (χ0) is 5.11. The van der Waals surface area contributed by atoms with E-state index >= 15 is 0 Å². The minimum atomic E-state index is -0.109. The maximum absolute atomic E-state index is 4.64. The molecule has 7 heavy (non-hydrogen) atoms. The van der Waals surface area contributed by atoms with Crippen molar-refractivity contribution in [3.05, 3.63) is 6.92 Å². The zero-order valence-electron chi connectivity index (χ0n) is 3.92. The lowest BCUT2D eigenvalue weighted by Gasteiger charge is -1.91. The van der Waals surface area contributed by atoms with E-state index in [0.717, 1.165) is 0 Å². The fraction of sp³-hybridized carbons (Fsp3) is 0.750. The van der Waals surface area contributed by atoms with E-state index in [0.29, 0.717) is 13.2 Å². The highest BCUT2D eigenvalue weighted by atomic mass is 17.2. The summed E-state index contributed by atoms with van der Waals surface area (Å²) in [5.74, 6) is 0. The van der Waals surface area contributed by atoms with Gasteiger partial charge in [-0.05, 0) is 6.92 Å². The van der Waals surface area contributed by atoms with Gasteiger partial charge in [0.2, 0.25) is 6.29 Å². The molecule has 41 valence electrons. The first-order valence-electron chi connectivity index (χ1n) is 2.12. The lowest BCUT2D eigenvalue weighted by molar-refractivity contribution is -0.313. The van der Waals surface area contributed by atoms with E-state index in [1.165, 1.54) is 0 Å². The monoisotopic (exact) mass is 103 g/mol. The second-order valence-corrected chi connectivity index (χ2v) is 1.18. The summed E-state index contributed by atoms with van der Waals surface area (Å²) in [7, 11) is 0. The molecule has 3 nitrogen and oxygen atoms in total. The molecule has 0 aromatic rings. The normalized spacial score (nSPS) is 27.9. The van der Waals surface area contributed by atoms with Crippen LogP contribution in [-0.4, -0.2) is 19.5 Å². The van der Waals surface area contributed by atoms with E-state index in [-0.39, 0.29) is 6.29 Å². The van der Waals surface area contributed by atoms with Gasteiger partial charge in [0.1, 0.15) is 6.61 Å². The molecule has 1 aliphatic heterocycles. The first-order valence-corrected chi connectivity index (χ1v) is 2.12. The fourth-order valence-electron chi connectivity index (χ4n) is 0.219. The van der Waals surface area contributed by atoms with Crippen LogP contribution < -0.4 is 0 Å². The van der Waals surface area contributed by atoms with Gasteiger partial charge in [-0.25, -0.2) is 9.78 Å². The Morgan fingerprint density at radius 3 is 3.00 bits per heavy atom. The summed E-state index contributed by atoms with van der Waals surface area (Å²) < 4.78 is 4.64. The van der Waals surface area contributed by atoms with E-state index in [2.05, 4.69) is 21.4 Å². The van der Waals surface area contributed by atoms with E-state index in [1.807, 2.05) is 0 Å². The highest BCUT2D eigenvalue weighted by Gasteiger charge is 2.24. The Balaban J connectivity index is 1.80. The molecule has 0 N–H and O–H groups in total. The molecule has 0 aromatic carbocycles. The molecular formula is C4H7O3. The third-order valence-corrected chi connectivity index (χ3v) is 0.561. The second-order valence-electron chi connectivity index (χ2n) is 1.18. The first-order chi connectivity index (χ1) is 3.43. The molecular weight excluding hydrogens is 96.0 g/mol. The third kappa shape index (κ3) is 1.87. The predicted molar refractivity (Wildman–Crippen MR) is 22.1 cm³/mol. The molecule has 1 radical (unpaired) electrons. The van der Waals surface area contributed by atoms with Gasteiger partial charge in [-0.1, -0.05) is 0 Å². The highest BCUT2D eigenvalue weighted by Crippen LogP contribution is 2.09. The molecule has 1 heterocycles. The van der Waals surface area contributed by atoms with Gasteiger partial charge < -0.3 is 4.74 Å². The summed E-state index contributed by atoms with van der Waals surface area (Å²) in [5, 5.41) is 0. The average Bonchev–Trinajstić information content (AvgIpc) is 2.42. The summed E-state index contributed by atoms with van der Waals surface area (Å²) in [6.45, 7) is 4.37. The van der Waals surface area contributed by atoms with Crippen molar-refractivity contribution < 1.29 is 14.5 Å². The maximum Gasteiger partial charge on any atom is 0.215 e. The minimum Gasteiger partial charge on any atom is -0.342 e. The van der Waals surface area contributed by atoms with Gasteiger partial charge >= 0.3 is 0 Å². The Kier molecular flexibility index (Phi) is 1.62. The summed E-state index contributed by atoms with van der Waals surface area (Å²) in [6, 6.07) is 0. The Labute approximate surface area is 42.1 Å². The van der Waals surface area contributed by atoms with Crippen LogP contribution in [0.25, 0.3) is 0 Å². The lowest BCUT2D eigenvalue weighted by atomic mass is 10.9. The van der Waals surface area contributed by atoms with Crippen molar-refractivity contribution >= 4 is 0 Å². The molecule has 0 amide bonds. The summed E-state index contributed by atoms with van der Waals surface area (Å²) in [6.07, 6.45) is -0.109. The standard InChI is InChI=1S/C4H7O3/c1-2-6-7-4-3-5-4/h4H,1-3H2. The van der Waals surface area contributed by atoms with Gasteiger partial charge in [0, 0.05) is 0 Å². The van der Waals surface area contributed by atoms with Crippen LogP contribution in [0.3, 0.4) is 0 Å². The van der Waals surface area contributed by atoms with Crippen LogP contribution in [0.1, 0.15) is 0 Å². The van der Waals surface area contributed by atoms with Crippen molar-refractivity contribution in [3.8, 4) is 0 Å². The average molecular weight is 103 g/mol. The van der Waals surface area contributed by atoms with Crippen molar-refractivity contribution in [3.63, 3.8) is 0 Å². The summed E-state index contributed by atoms with van der Waals surface area (Å²) in [4.78, 5) is 8.94. The van der Waals surface area contributed by atoms with Crippen LogP contribution >= 0.6 is 0 Å². The Morgan fingerprint density at radius 1 is 1.86 bits per heavy atom. The molecule has 0 bridgehead atoms. The zero-order valence-corrected chi connectivity index (χ0v) is 3.92. The van der Waals surface area contributed by atoms with Gasteiger partial charge in [0.15, 0.2) is 0 Å². The Bertz CT molecular complexity index is 50.9. The van der Waals surface area contributed by atoms with E-state index in [9.17, 15) is 0 Å². The van der Waals surface area contributed by atoms with Crippen LogP contribution in [-0.2, 0) is 14.5 Å². The van der Waals surface area contributed by atoms with Crippen LogP contribution in [0.15, 0.2) is 0 Å². The molecule has 1 aliphatic rings. The second kappa shape index (κ2) is 2.26. The number of hydrogen-bond donors (Lipinski definition) is 0. The lowest BCUT2D eigenvalue weighted by Crippen LogP contribution is -1.95. The molecule has 1 rings (SSSR count). The molecule has 1 fully saturated rings. The SMILES string of the molecule is [CH2]COOC1CO1. The number of rotatable bonds is 3. The van der Waals surface area contributed by atoms with Gasteiger partial charge in [0.05, 0.1) is 6.61 Å². The smallest absolute Gasteiger partial charge is 0.215 e. The molecule has 0 saturated carbocycles. The van der Waals surface area contributed by atoms with E-state index in [1.54, 1.807) is 0 Å². The van der Waals surface area contributed by atoms with Crippen molar-refractivity contribution in [2.24, 2.45) is 0 Å². The van der Waals surface area contributed by atoms with Crippen LogP contribution in [0.5, 0.6) is 0 Å². The van der Waals surface area contributed by atoms with Crippen molar-refractivity contribution in [1.82, 2.24) is 0 Å². The van der Waals surface area contributed by atoms with Crippen LogP contribution in [0.2, 0.25) is 0 Å². The molecule has 0 aromatic heterocycles. The van der Waals surface area contributed by atoms with Crippen molar-refractivity contribution in [1.29, 1.82) is 0 Å². The maximum atomic E-state index is 4.64. The number of hydrogen-bond acceptors (Lipinski definition) is 3. The summed E-state index contributed by atoms with van der Waals surface area (Å²) in [5.41, 5.74) is 0. The molecule has 1 saturated heterocycles. The van der Waals surface area contributed by atoms with Gasteiger partial charge in [-0.3, -0.25) is 0 Å². The number of epoxide rings is 1. The quantitative estimate of drug-likeness (QED) is 0.289. The van der Waals surface area contributed by atoms with Crippen LogP contribution in [0, 0.1) is 6.92 Å². The van der Waals surface area contributed by atoms with Crippen LogP contribution in [0.4, 0.5) is 0 Å². The Morgan fingerprint density at radius 2 is 2.57 bits per heavy atom.